The van der Waals surface area contributed by atoms with Crippen molar-refractivity contribution in [2.24, 2.45) is 0 Å². The molecule has 9 heteroatoms. The molecule has 0 saturated carbocycles. The summed E-state index contributed by atoms with van der Waals surface area (Å²) in [6.07, 6.45) is -0.205. The summed E-state index contributed by atoms with van der Waals surface area (Å²) in [6.45, 7) is 0. The summed E-state index contributed by atoms with van der Waals surface area (Å²) in [5.74, 6) is -1.86. The van der Waals surface area contributed by atoms with Crippen molar-refractivity contribution < 1.29 is 24.4 Å². The molecule has 1 aromatic carbocycles. The number of para-hydroxylation sites is 2. The number of imide groups is 1. The number of rotatable bonds is 6. The van der Waals surface area contributed by atoms with Crippen molar-refractivity contribution >= 4 is 40.9 Å². The smallest absolute Gasteiger partial charge is 0.304 e. The number of benzene rings is 1. The highest BCUT2D eigenvalue weighted by Crippen LogP contribution is 2.34. The molecular formula is C13H12N2O6S. The van der Waals surface area contributed by atoms with Crippen LogP contribution in [0.1, 0.15) is 12.8 Å². The van der Waals surface area contributed by atoms with Crippen LogP contribution >= 0.6 is 11.8 Å². The lowest BCUT2D eigenvalue weighted by molar-refractivity contribution is -0.384. The number of aliphatic carboxylic acids is 1. The van der Waals surface area contributed by atoms with Gasteiger partial charge in [-0.15, -0.1) is 11.8 Å². The minimum Gasteiger partial charge on any atom is -0.481 e. The molecule has 116 valence electrons. The fraction of sp³-hybridized carbons (Fsp3) is 0.308. The molecule has 0 aromatic heterocycles. The van der Waals surface area contributed by atoms with Crippen molar-refractivity contribution in [3.8, 4) is 0 Å². The van der Waals surface area contributed by atoms with Crippen molar-refractivity contribution in [2.75, 3.05) is 10.7 Å². The zero-order valence-electron chi connectivity index (χ0n) is 11.3. The Kier molecular flexibility index (Phi) is 4.76. The number of hydrogen-bond donors (Lipinski definition) is 1. The second-order valence-corrected chi connectivity index (χ2v) is 5.83. The van der Waals surface area contributed by atoms with Gasteiger partial charge < -0.3 is 5.11 Å². The SMILES string of the molecule is O=C(O)CCSC1CC(=O)N(c2ccccc2[N+](=O)[O-])C1=O. The topological polar surface area (TPSA) is 118 Å². The average Bonchev–Trinajstić information content (AvgIpc) is 2.73. The first kappa shape index (κ1) is 16.0. The third kappa shape index (κ3) is 3.25. The predicted molar refractivity (Wildman–Crippen MR) is 78.7 cm³/mol. The van der Waals surface area contributed by atoms with Gasteiger partial charge in [-0.2, -0.15) is 0 Å². The van der Waals surface area contributed by atoms with E-state index < -0.39 is 28.0 Å². The molecule has 1 atom stereocenters. The van der Waals surface area contributed by atoms with E-state index in [9.17, 15) is 24.5 Å². The molecule has 2 amide bonds. The summed E-state index contributed by atoms with van der Waals surface area (Å²) in [5, 5.41) is 18.9. The van der Waals surface area contributed by atoms with Gasteiger partial charge >= 0.3 is 5.97 Å². The minimum absolute atomic E-state index is 0.0520. The number of carboxylic acids is 1. The Bertz CT molecular complexity index is 647. The minimum atomic E-state index is -0.986. The maximum atomic E-state index is 12.3. The number of carboxylic acid groups (broad SMARTS) is 1. The number of carbonyl (C=O) groups excluding carboxylic acids is 2. The van der Waals surface area contributed by atoms with E-state index in [1.165, 1.54) is 24.3 Å². The molecule has 1 heterocycles. The molecule has 0 aliphatic carbocycles. The molecule has 0 bridgehead atoms. The summed E-state index contributed by atoms with van der Waals surface area (Å²) >= 11 is 1.07. The molecule has 1 saturated heterocycles. The maximum absolute atomic E-state index is 12.3. The Hall–Kier alpha value is -2.42. The van der Waals surface area contributed by atoms with E-state index in [1.807, 2.05) is 0 Å². The first-order valence-corrected chi connectivity index (χ1v) is 7.40. The Balaban J connectivity index is 2.19. The van der Waals surface area contributed by atoms with Crippen molar-refractivity contribution in [3.05, 3.63) is 34.4 Å². The summed E-state index contributed by atoms with van der Waals surface area (Å²) in [5.41, 5.74) is -0.371. The number of anilines is 1. The van der Waals surface area contributed by atoms with Crippen LogP contribution in [0.3, 0.4) is 0 Å². The van der Waals surface area contributed by atoms with Crippen molar-refractivity contribution in [3.63, 3.8) is 0 Å². The normalized spacial score (nSPS) is 17.8. The standard InChI is InChI=1S/C13H12N2O6S/c16-11-7-10(22-6-5-12(17)18)13(19)14(11)8-3-1-2-4-9(8)15(20)21/h1-4,10H,5-7H2,(H,17,18). The first-order valence-electron chi connectivity index (χ1n) is 6.35. The van der Waals surface area contributed by atoms with Gasteiger partial charge in [0, 0.05) is 18.2 Å². The van der Waals surface area contributed by atoms with Gasteiger partial charge in [-0.1, -0.05) is 12.1 Å². The highest BCUT2D eigenvalue weighted by molar-refractivity contribution is 8.00. The van der Waals surface area contributed by atoms with Crippen molar-refractivity contribution in [1.29, 1.82) is 0 Å². The Morgan fingerprint density at radius 1 is 1.41 bits per heavy atom. The van der Waals surface area contributed by atoms with E-state index in [0.717, 1.165) is 16.7 Å². The predicted octanol–water partition coefficient (Wildman–Crippen LogP) is 1.43. The fourth-order valence-corrected chi connectivity index (χ4v) is 3.17. The van der Waals surface area contributed by atoms with Gasteiger partial charge in [-0.25, -0.2) is 4.90 Å². The fourth-order valence-electron chi connectivity index (χ4n) is 2.08. The van der Waals surface area contributed by atoms with E-state index in [2.05, 4.69) is 0 Å². The molecule has 1 aliphatic heterocycles. The Morgan fingerprint density at radius 3 is 2.73 bits per heavy atom. The number of nitro benzene ring substituents is 1. The molecule has 1 aliphatic rings. The largest absolute Gasteiger partial charge is 0.481 e. The van der Waals surface area contributed by atoms with E-state index >= 15 is 0 Å². The molecule has 0 radical (unpaired) electrons. The maximum Gasteiger partial charge on any atom is 0.304 e. The number of carbonyl (C=O) groups is 3. The summed E-state index contributed by atoms with van der Waals surface area (Å²) in [4.78, 5) is 45.9. The second-order valence-electron chi connectivity index (χ2n) is 4.52. The third-order valence-electron chi connectivity index (χ3n) is 3.06. The number of nitrogens with zero attached hydrogens (tertiary/aromatic N) is 2. The quantitative estimate of drug-likeness (QED) is 0.478. The lowest BCUT2D eigenvalue weighted by Gasteiger charge is -2.14. The molecule has 22 heavy (non-hydrogen) atoms. The van der Waals surface area contributed by atoms with E-state index in [0.29, 0.717) is 0 Å². The molecular weight excluding hydrogens is 312 g/mol. The van der Waals surface area contributed by atoms with Gasteiger partial charge in [0.1, 0.15) is 5.69 Å². The Labute approximate surface area is 129 Å². The lowest BCUT2D eigenvalue weighted by Crippen LogP contribution is -2.31. The molecule has 0 spiro atoms. The van der Waals surface area contributed by atoms with Gasteiger partial charge in [-0.05, 0) is 6.07 Å². The van der Waals surface area contributed by atoms with E-state index in [1.54, 1.807) is 0 Å². The van der Waals surface area contributed by atoms with Crippen LogP contribution in [-0.4, -0.2) is 38.8 Å². The van der Waals surface area contributed by atoms with Crippen LogP contribution in [0.2, 0.25) is 0 Å². The molecule has 8 nitrogen and oxygen atoms in total. The second kappa shape index (κ2) is 6.56. The Morgan fingerprint density at radius 2 is 2.09 bits per heavy atom. The van der Waals surface area contributed by atoms with E-state index in [4.69, 9.17) is 5.11 Å². The van der Waals surface area contributed by atoms with Crippen LogP contribution in [-0.2, 0) is 14.4 Å². The summed E-state index contributed by atoms with van der Waals surface area (Å²) in [6, 6.07) is 5.53. The molecule has 1 fully saturated rings. The van der Waals surface area contributed by atoms with E-state index in [-0.39, 0.29) is 30.0 Å². The molecule has 2 rings (SSSR count). The average molecular weight is 324 g/mol. The molecule has 1 unspecified atom stereocenters. The van der Waals surface area contributed by atoms with Crippen LogP contribution in [0.5, 0.6) is 0 Å². The summed E-state index contributed by atoms with van der Waals surface area (Å²) < 4.78 is 0. The van der Waals surface area contributed by atoms with Crippen molar-refractivity contribution in [2.45, 2.75) is 18.1 Å². The van der Waals surface area contributed by atoms with Crippen LogP contribution in [0.25, 0.3) is 0 Å². The number of thioether (sulfide) groups is 1. The molecule has 1 aromatic rings. The first-order chi connectivity index (χ1) is 10.4. The number of hydrogen-bond acceptors (Lipinski definition) is 6. The zero-order valence-corrected chi connectivity index (χ0v) is 12.1. The summed E-state index contributed by atoms with van der Waals surface area (Å²) in [7, 11) is 0. The van der Waals surface area contributed by atoms with Crippen LogP contribution < -0.4 is 4.90 Å². The highest BCUT2D eigenvalue weighted by Gasteiger charge is 2.42. The highest BCUT2D eigenvalue weighted by atomic mass is 32.2. The van der Waals surface area contributed by atoms with Gasteiger partial charge in [0.15, 0.2) is 0 Å². The van der Waals surface area contributed by atoms with Gasteiger partial charge in [-0.3, -0.25) is 24.5 Å². The van der Waals surface area contributed by atoms with Crippen LogP contribution in [0.4, 0.5) is 11.4 Å². The van der Waals surface area contributed by atoms with Crippen molar-refractivity contribution in [1.82, 2.24) is 0 Å². The van der Waals surface area contributed by atoms with Gasteiger partial charge in [0.2, 0.25) is 11.8 Å². The van der Waals surface area contributed by atoms with Gasteiger partial charge in [0.25, 0.3) is 5.69 Å². The third-order valence-corrected chi connectivity index (χ3v) is 4.27. The van der Waals surface area contributed by atoms with Gasteiger partial charge in [0.05, 0.1) is 16.6 Å². The van der Waals surface area contributed by atoms with Crippen LogP contribution in [0.15, 0.2) is 24.3 Å². The molecule has 1 N–H and O–H groups in total. The number of nitro groups is 1. The zero-order chi connectivity index (χ0) is 16.3. The number of amides is 2. The lowest BCUT2D eigenvalue weighted by atomic mass is 10.2. The van der Waals surface area contributed by atoms with Crippen LogP contribution in [0, 0.1) is 10.1 Å². The monoisotopic (exact) mass is 324 g/mol.